The normalized spacial score (nSPS) is 11.1. The SMILES string of the molecule is CCN(C)C(=O)NCCCS(N)(=O)=O. The average Bonchev–Trinajstić information content (AvgIpc) is 2.09. The third-order valence-corrected chi connectivity index (χ3v) is 2.56. The van der Waals surface area contributed by atoms with Crippen molar-refractivity contribution in [2.24, 2.45) is 5.14 Å². The summed E-state index contributed by atoms with van der Waals surface area (Å²) in [5.41, 5.74) is 0. The number of nitrogens with zero attached hydrogens (tertiary/aromatic N) is 1. The smallest absolute Gasteiger partial charge is 0.317 e. The summed E-state index contributed by atoms with van der Waals surface area (Å²) in [6.07, 6.45) is 0.335. The largest absolute Gasteiger partial charge is 0.338 e. The molecule has 0 aromatic heterocycles. The predicted octanol–water partition coefficient (Wildman–Crippen LogP) is -0.674. The van der Waals surface area contributed by atoms with Crippen LogP contribution in [0.3, 0.4) is 0 Å². The molecular weight excluding hydrogens is 206 g/mol. The van der Waals surface area contributed by atoms with Crippen molar-refractivity contribution in [3.8, 4) is 0 Å². The van der Waals surface area contributed by atoms with E-state index in [0.717, 1.165) is 0 Å². The maximum absolute atomic E-state index is 11.1. The summed E-state index contributed by atoms with van der Waals surface area (Å²) < 4.78 is 21.0. The molecule has 0 atom stereocenters. The summed E-state index contributed by atoms with van der Waals surface area (Å²) in [6.45, 7) is 2.78. The number of urea groups is 1. The van der Waals surface area contributed by atoms with Gasteiger partial charge in [-0.15, -0.1) is 0 Å². The van der Waals surface area contributed by atoms with Gasteiger partial charge < -0.3 is 10.2 Å². The van der Waals surface area contributed by atoms with Crippen LogP contribution in [0, 0.1) is 0 Å². The Kier molecular flexibility index (Phi) is 5.47. The summed E-state index contributed by atoms with van der Waals surface area (Å²) in [7, 11) is -1.75. The number of nitrogens with one attached hydrogen (secondary N) is 1. The van der Waals surface area contributed by atoms with Crippen LogP contribution in [0.5, 0.6) is 0 Å². The predicted molar refractivity (Wildman–Crippen MR) is 54.3 cm³/mol. The molecule has 0 aromatic carbocycles. The van der Waals surface area contributed by atoms with Crippen molar-refractivity contribution in [1.29, 1.82) is 0 Å². The van der Waals surface area contributed by atoms with Crippen molar-refractivity contribution in [1.82, 2.24) is 10.2 Å². The molecule has 0 spiro atoms. The summed E-state index contributed by atoms with van der Waals surface area (Å²) in [5, 5.41) is 7.36. The Labute approximate surface area is 84.5 Å². The highest BCUT2D eigenvalue weighted by Crippen LogP contribution is 1.86. The molecule has 0 unspecified atom stereocenters. The van der Waals surface area contributed by atoms with Gasteiger partial charge in [-0.25, -0.2) is 18.4 Å². The fourth-order valence-corrected chi connectivity index (χ4v) is 1.29. The monoisotopic (exact) mass is 223 g/mol. The molecule has 0 fully saturated rings. The van der Waals surface area contributed by atoms with Crippen LogP contribution in [0.15, 0.2) is 0 Å². The number of carbonyl (C=O) groups excluding carboxylic acids is 1. The van der Waals surface area contributed by atoms with Crippen molar-refractivity contribution in [3.63, 3.8) is 0 Å². The standard InChI is InChI=1S/C7H17N3O3S/c1-3-10(2)7(11)9-5-4-6-14(8,12)13/h3-6H2,1-2H3,(H,9,11)(H2,8,12,13). The van der Waals surface area contributed by atoms with Gasteiger partial charge in [-0.2, -0.15) is 0 Å². The van der Waals surface area contributed by atoms with Crippen molar-refractivity contribution in [2.45, 2.75) is 13.3 Å². The first kappa shape index (κ1) is 13.2. The highest BCUT2D eigenvalue weighted by Gasteiger charge is 2.06. The summed E-state index contributed by atoms with van der Waals surface area (Å²) in [5.74, 6) is -0.108. The van der Waals surface area contributed by atoms with Gasteiger partial charge in [-0.1, -0.05) is 0 Å². The molecule has 6 nitrogen and oxygen atoms in total. The second-order valence-corrected chi connectivity index (χ2v) is 4.70. The Bertz CT molecular complexity index is 276. The molecule has 0 rings (SSSR count). The zero-order valence-electron chi connectivity index (χ0n) is 8.49. The zero-order chi connectivity index (χ0) is 11.2. The lowest BCUT2D eigenvalue weighted by Gasteiger charge is -2.14. The molecule has 0 radical (unpaired) electrons. The van der Waals surface area contributed by atoms with Gasteiger partial charge in [0.15, 0.2) is 0 Å². The minimum Gasteiger partial charge on any atom is -0.338 e. The van der Waals surface area contributed by atoms with Crippen LogP contribution >= 0.6 is 0 Å². The van der Waals surface area contributed by atoms with E-state index in [1.807, 2.05) is 6.92 Å². The number of sulfonamides is 1. The van der Waals surface area contributed by atoms with Gasteiger partial charge in [0.05, 0.1) is 5.75 Å². The molecule has 3 N–H and O–H groups in total. The number of rotatable bonds is 5. The van der Waals surface area contributed by atoms with E-state index in [-0.39, 0.29) is 11.8 Å². The summed E-state index contributed by atoms with van der Waals surface area (Å²) >= 11 is 0. The van der Waals surface area contributed by atoms with Gasteiger partial charge in [-0.3, -0.25) is 0 Å². The lowest BCUT2D eigenvalue weighted by molar-refractivity contribution is 0.211. The van der Waals surface area contributed by atoms with Crippen LogP contribution in [0.25, 0.3) is 0 Å². The molecule has 14 heavy (non-hydrogen) atoms. The molecule has 2 amide bonds. The Morgan fingerprint density at radius 1 is 1.50 bits per heavy atom. The van der Waals surface area contributed by atoms with Crippen LogP contribution in [0.4, 0.5) is 4.79 Å². The molecular formula is C7H17N3O3S. The molecule has 0 aliphatic rings. The minimum atomic E-state index is -3.41. The highest BCUT2D eigenvalue weighted by atomic mass is 32.2. The van der Waals surface area contributed by atoms with Crippen LogP contribution in [0.2, 0.25) is 0 Å². The average molecular weight is 223 g/mol. The first-order valence-corrected chi connectivity index (χ1v) is 6.07. The van der Waals surface area contributed by atoms with E-state index < -0.39 is 10.0 Å². The molecule has 7 heteroatoms. The van der Waals surface area contributed by atoms with Crippen LogP contribution in [0.1, 0.15) is 13.3 Å². The van der Waals surface area contributed by atoms with E-state index in [1.165, 1.54) is 4.90 Å². The molecule has 0 saturated heterocycles. The molecule has 0 bridgehead atoms. The van der Waals surface area contributed by atoms with Crippen molar-refractivity contribution < 1.29 is 13.2 Å². The van der Waals surface area contributed by atoms with E-state index >= 15 is 0 Å². The number of hydrogen-bond acceptors (Lipinski definition) is 3. The van der Waals surface area contributed by atoms with Gasteiger partial charge in [0, 0.05) is 20.1 Å². The fourth-order valence-electron chi connectivity index (χ4n) is 0.747. The maximum atomic E-state index is 11.1. The van der Waals surface area contributed by atoms with Crippen molar-refractivity contribution in [3.05, 3.63) is 0 Å². The number of hydrogen-bond donors (Lipinski definition) is 2. The summed E-state index contributed by atoms with van der Waals surface area (Å²) in [6, 6.07) is -0.207. The first-order chi connectivity index (χ1) is 6.37. The first-order valence-electron chi connectivity index (χ1n) is 4.36. The van der Waals surface area contributed by atoms with E-state index in [0.29, 0.717) is 19.5 Å². The number of nitrogens with two attached hydrogens (primary N) is 1. The van der Waals surface area contributed by atoms with E-state index in [1.54, 1.807) is 7.05 Å². The zero-order valence-corrected chi connectivity index (χ0v) is 9.30. The van der Waals surface area contributed by atoms with Gasteiger partial charge in [0.25, 0.3) is 0 Å². The Balaban J connectivity index is 3.61. The van der Waals surface area contributed by atoms with Crippen LogP contribution in [-0.2, 0) is 10.0 Å². The second kappa shape index (κ2) is 5.82. The second-order valence-electron chi connectivity index (χ2n) is 2.97. The maximum Gasteiger partial charge on any atom is 0.317 e. The molecule has 0 aliphatic heterocycles. The van der Waals surface area contributed by atoms with Crippen molar-refractivity contribution in [2.75, 3.05) is 25.9 Å². The molecule has 84 valence electrons. The molecule has 0 saturated carbocycles. The lowest BCUT2D eigenvalue weighted by Crippen LogP contribution is -2.38. The third kappa shape index (κ3) is 6.67. The Morgan fingerprint density at radius 2 is 2.07 bits per heavy atom. The lowest BCUT2D eigenvalue weighted by atomic mass is 10.5. The quantitative estimate of drug-likeness (QED) is 0.605. The van der Waals surface area contributed by atoms with Crippen molar-refractivity contribution >= 4 is 16.1 Å². The van der Waals surface area contributed by atoms with Gasteiger partial charge in [0.2, 0.25) is 10.0 Å². The third-order valence-electron chi connectivity index (χ3n) is 1.70. The van der Waals surface area contributed by atoms with E-state index in [4.69, 9.17) is 5.14 Å². The van der Waals surface area contributed by atoms with Gasteiger partial charge >= 0.3 is 6.03 Å². The van der Waals surface area contributed by atoms with Crippen LogP contribution < -0.4 is 10.5 Å². The Morgan fingerprint density at radius 3 is 2.50 bits per heavy atom. The topological polar surface area (TPSA) is 92.5 Å². The number of carbonyl (C=O) groups is 1. The molecule has 0 heterocycles. The Hall–Kier alpha value is -0.820. The molecule has 0 aromatic rings. The fraction of sp³-hybridized carbons (Fsp3) is 0.857. The van der Waals surface area contributed by atoms with E-state index in [9.17, 15) is 13.2 Å². The minimum absolute atomic E-state index is 0.108. The number of amides is 2. The van der Waals surface area contributed by atoms with Gasteiger partial charge in [-0.05, 0) is 13.3 Å². The van der Waals surface area contributed by atoms with E-state index in [2.05, 4.69) is 5.32 Å². The highest BCUT2D eigenvalue weighted by molar-refractivity contribution is 7.89. The van der Waals surface area contributed by atoms with Gasteiger partial charge in [0.1, 0.15) is 0 Å². The van der Waals surface area contributed by atoms with Crippen LogP contribution in [-0.4, -0.2) is 45.2 Å². The molecule has 0 aliphatic carbocycles. The number of primary sulfonamides is 1. The summed E-state index contributed by atoms with van der Waals surface area (Å²) in [4.78, 5) is 12.6.